The van der Waals surface area contributed by atoms with Gasteiger partial charge in [0, 0.05) is 28.2 Å². The maximum atomic E-state index is 5.94. The highest BCUT2D eigenvalue weighted by Crippen LogP contribution is 2.17. The van der Waals surface area contributed by atoms with Crippen LogP contribution in [0.15, 0.2) is 18.2 Å². The van der Waals surface area contributed by atoms with Crippen molar-refractivity contribution in [3.63, 3.8) is 0 Å². The van der Waals surface area contributed by atoms with E-state index in [4.69, 9.17) is 11.6 Å². The predicted molar refractivity (Wildman–Crippen MR) is 74.4 cm³/mol. The molecule has 0 atom stereocenters. The average molecular weight is 339 g/mol. The zero-order valence-corrected chi connectivity index (χ0v) is 12.0. The second-order valence-electron chi connectivity index (χ2n) is 3.72. The van der Waals surface area contributed by atoms with Gasteiger partial charge in [-0.05, 0) is 60.4 Å². The summed E-state index contributed by atoms with van der Waals surface area (Å²) in [5.74, 6) is 0. The first-order valence-electron chi connectivity index (χ1n) is 4.89. The summed E-state index contributed by atoms with van der Waals surface area (Å²) in [4.78, 5) is 2.16. The molecule has 0 fully saturated rings. The minimum atomic E-state index is 0.805. The first-order chi connectivity index (χ1) is 7.09. The van der Waals surface area contributed by atoms with Crippen molar-refractivity contribution in [2.45, 2.75) is 6.54 Å². The minimum Gasteiger partial charge on any atom is -0.311 e. The quantitative estimate of drug-likeness (QED) is 0.656. The molecule has 0 aliphatic heterocycles. The van der Waals surface area contributed by atoms with Crippen LogP contribution in [0.3, 0.4) is 0 Å². The van der Waals surface area contributed by atoms with Gasteiger partial charge >= 0.3 is 0 Å². The van der Waals surface area contributed by atoms with Crippen LogP contribution in [0.5, 0.6) is 0 Å². The van der Waals surface area contributed by atoms with Crippen molar-refractivity contribution in [3.8, 4) is 0 Å². The van der Waals surface area contributed by atoms with E-state index in [2.05, 4.69) is 46.9 Å². The fourth-order valence-corrected chi connectivity index (χ4v) is 1.93. The summed E-state index contributed by atoms with van der Waals surface area (Å²) in [6, 6.07) is 5.99. The van der Waals surface area contributed by atoms with E-state index in [0.29, 0.717) is 0 Å². The van der Waals surface area contributed by atoms with Gasteiger partial charge in [-0.1, -0.05) is 11.6 Å². The molecule has 0 aromatic heterocycles. The SMILES string of the molecule is CN(C)CCNCc1cc(Cl)ccc1I. The van der Waals surface area contributed by atoms with Gasteiger partial charge in [-0.15, -0.1) is 0 Å². The summed E-state index contributed by atoms with van der Waals surface area (Å²) in [7, 11) is 4.15. The maximum Gasteiger partial charge on any atom is 0.0409 e. The predicted octanol–water partition coefficient (Wildman–Crippen LogP) is 2.60. The number of nitrogens with one attached hydrogen (secondary N) is 1. The molecular weight excluding hydrogens is 322 g/mol. The van der Waals surface area contributed by atoms with Crippen molar-refractivity contribution < 1.29 is 0 Å². The van der Waals surface area contributed by atoms with Gasteiger partial charge in [0.1, 0.15) is 0 Å². The highest BCUT2D eigenvalue weighted by atomic mass is 127. The molecule has 1 N–H and O–H groups in total. The fourth-order valence-electron chi connectivity index (χ4n) is 1.20. The Morgan fingerprint density at radius 3 is 2.80 bits per heavy atom. The van der Waals surface area contributed by atoms with E-state index >= 15 is 0 Å². The van der Waals surface area contributed by atoms with E-state index in [1.165, 1.54) is 9.13 Å². The standard InChI is InChI=1S/C11H16ClIN2/c1-15(2)6-5-14-8-9-7-10(12)3-4-11(9)13/h3-4,7,14H,5-6,8H2,1-2H3. The summed E-state index contributed by atoms with van der Waals surface area (Å²) in [6.07, 6.45) is 0. The Labute approximate surface area is 110 Å². The number of hydrogen-bond donors (Lipinski definition) is 1. The summed E-state index contributed by atoms with van der Waals surface area (Å²) in [5.41, 5.74) is 1.27. The Morgan fingerprint density at radius 1 is 1.40 bits per heavy atom. The Morgan fingerprint density at radius 2 is 2.13 bits per heavy atom. The average Bonchev–Trinajstić information content (AvgIpc) is 2.17. The summed E-state index contributed by atoms with van der Waals surface area (Å²) >= 11 is 8.27. The van der Waals surface area contributed by atoms with Crippen molar-refractivity contribution in [1.29, 1.82) is 0 Å². The van der Waals surface area contributed by atoms with Crippen LogP contribution in [0.4, 0.5) is 0 Å². The van der Waals surface area contributed by atoms with Gasteiger partial charge in [-0.3, -0.25) is 0 Å². The van der Waals surface area contributed by atoms with Gasteiger partial charge in [0.25, 0.3) is 0 Å². The molecule has 0 saturated heterocycles. The first-order valence-corrected chi connectivity index (χ1v) is 6.34. The van der Waals surface area contributed by atoms with E-state index in [9.17, 15) is 0 Å². The topological polar surface area (TPSA) is 15.3 Å². The number of likely N-dealkylation sites (N-methyl/N-ethyl adjacent to an activating group) is 1. The van der Waals surface area contributed by atoms with Crippen LogP contribution in [0.25, 0.3) is 0 Å². The monoisotopic (exact) mass is 338 g/mol. The Hall–Kier alpha value is 0.160. The molecule has 1 aromatic rings. The van der Waals surface area contributed by atoms with E-state index in [-0.39, 0.29) is 0 Å². The smallest absolute Gasteiger partial charge is 0.0409 e. The molecule has 1 aromatic carbocycles. The molecule has 0 unspecified atom stereocenters. The number of nitrogens with zero attached hydrogens (tertiary/aromatic N) is 1. The molecule has 0 spiro atoms. The maximum absolute atomic E-state index is 5.94. The molecule has 0 heterocycles. The first kappa shape index (κ1) is 13.2. The minimum absolute atomic E-state index is 0.805. The normalized spacial score (nSPS) is 11.0. The lowest BCUT2D eigenvalue weighted by molar-refractivity contribution is 0.400. The lowest BCUT2D eigenvalue weighted by Crippen LogP contribution is -2.26. The highest BCUT2D eigenvalue weighted by Gasteiger charge is 2.00. The third kappa shape index (κ3) is 5.15. The third-order valence-corrected chi connectivity index (χ3v) is 3.35. The van der Waals surface area contributed by atoms with Gasteiger partial charge < -0.3 is 10.2 Å². The molecular formula is C11H16ClIN2. The van der Waals surface area contributed by atoms with Crippen molar-refractivity contribution >= 4 is 34.2 Å². The molecule has 2 nitrogen and oxygen atoms in total. The van der Waals surface area contributed by atoms with Crippen LogP contribution < -0.4 is 5.32 Å². The summed E-state index contributed by atoms with van der Waals surface area (Å²) in [6.45, 7) is 2.93. The molecule has 0 radical (unpaired) electrons. The molecule has 0 bridgehead atoms. The summed E-state index contributed by atoms with van der Waals surface area (Å²) in [5, 5.41) is 4.20. The molecule has 0 amide bonds. The van der Waals surface area contributed by atoms with E-state index in [1.54, 1.807) is 0 Å². The molecule has 0 aliphatic carbocycles. The zero-order chi connectivity index (χ0) is 11.3. The lowest BCUT2D eigenvalue weighted by Gasteiger charge is -2.11. The number of rotatable bonds is 5. The largest absolute Gasteiger partial charge is 0.311 e. The Kier molecular flexibility index (Phi) is 5.89. The Balaban J connectivity index is 2.40. The molecule has 1 rings (SSSR count). The van der Waals surface area contributed by atoms with E-state index < -0.39 is 0 Å². The van der Waals surface area contributed by atoms with Crippen molar-refractivity contribution in [1.82, 2.24) is 10.2 Å². The molecule has 0 saturated carbocycles. The van der Waals surface area contributed by atoms with Gasteiger partial charge in [0.2, 0.25) is 0 Å². The number of hydrogen-bond acceptors (Lipinski definition) is 2. The third-order valence-electron chi connectivity index (χ3n) is 2.06. The van der Waals surface area contributed by atoms with Crippen molar-refractivity contribution in [2.75, 3.05) is 27.2 Å². The van der Waals surface area contributed by atoms with Gasteiger partial charge in [-0.2, -0.15) is 0 Å². The Bertz CT molecular complexity index is 315. The molecule has 0 aliphatic rings. The summed E-state index contributed by atoms with van der Waals surface area (Å²) < 4.78 is 1.26. The van der Waals surface area contributed by atoms with Gasteiger partial charge in [0.15, 0.2) is 0 Å². The second-order valence-corrected chi connectivity index (χ2v) is 5.31. The molecule has 84 valence electrons. The van der Waals surface area contributed by atoms with E-state index in [0.717, 1.165) is 24.7 Å². The number of halogens is 2. The molecule has 4 heteroatoms. The highest BCUT2D eigenvalue weighted by molar-refractivity contribution is 14.1. The fraction of sp³-hybridized carbons (Fsp3) is 0.455. The number of benzene rings is 1. The second kappa shape index (κ2) is 6.68. The van der Waals surface area contributed by atoms with Crippen molar-refractivity contribution in [3.05, 3.63) is 32.4 Å². The van der Waals surface area contributed by atoms with Gasteiger partial charge in [-0.25, -0.2) is 0 Å². The van der Waals surface area contributed by atoms with Gasteiger partial charge in [0.05, 0.1) is 0 Å². The molecule has 15 heavy (non-hydrogen) atoms. The lowest BCUT2D eigenvalue weighted by atomic mass is 10.2. The van der Waals surface area contributed by atoms with E-state index in [1.807, 2.05) is 18.2 Å². The van der Waals surface area contributed by atoms with Crippen LogP contribution in [-0.4, -0.2) is 32.1 Å². The zero-order valence-electron chi connectivity index (χ0n) is 9.06. The van der Waals surface area contributed by atoms with Crippen LogP contribution in [0.2, 0.25) is 5.02 Å². The van der Waals surface area contributed by atoms with Crippen LogP contribution >= 0.6 is 34.2 Å². The van der Waals surface area contributed by atoms with Crippen molar-refractivity contribution in [2.24, 2.45) is 0 Å². The van der Waals surface area contributed by atoms with Crippen LogP contribution in [-0.2, 0) is 6.54 Å². The van der Waals surface area contributed by atoms with Crippen LogP contribution in [0.1, 0.15) is 5.56 Å². The van der Waals surface area contributed by atoms with Crippen LogP contribution in [0, 0.1) is 3.57 Å².